The van der Waals surface area contributed by atoms with Crippen LogP contribution in [0, 0.1) is 12.8 Å². The van der Waals surface area contributed by atoms with Gasteiger partial charge in [-0.05, 0) is 24.8 Å². The molecule has 1 aromatic carbocycles. The molecule has 0 unspecified atom stereocenters. The Kier molecular flexibility index (Phi) is 5.41. The van der Waals surface area contributed by atoms with Gasteiger partial charge in [0.15, 0.2) is 5.82 Å². The van der Waals surface area contributed by atoms with Crippen molar-refractivity contribution >= 4 is 0 Å². The molecule has 0 saturated carbocycles. The van der Waals surface area contributed by atoms with Gasteiger partial charge in [-0.1, -0.05) is 42.4 Å². The average Bonchev–Trinajstić information content (AvgIpc) is 2.93. The lowest BCUT2D eigenvalue weighted by molar-refractivity contribution is 0.142. The summed E-state index contributed by atoms with van der Waals surface area (Å²) < 4.78 is 5.16. The lowest BCUT2D eigenvalue weighted by Crippen LogP contribution is -2.48. The van der Waals surface area contributed by atoms with Crippen molar-refractivity contribution in [3.05, 3.63) is 47.6 Å². The number of nitrogens with zero attached hydrogens (tertiary/aromatic N) is 3. The first kappa shape index (κ1) is 16.1. The topological polar surface area (TPSA) is 54.2 Å². The highest BCUT2D eigenvalue weighted by atomic mass is 16.5. The Morgan fingerprint density at radius 1 is 1.26 bits per heavy atom. The molecule has 2 heterocycles. The van der Waals surface area contributed by atoms with Crippen molar-refractivity contribution in [2.75, 3.05) is 19.6 Å². The molecule has 0 radical (unpaired) electrons. The number of hydrogen-bond acceptors (Lipinski definition) is 5. The summed E-state index contributed by atoms with van der Waals surface area (Å²) in [6.07, 6.45) is 2.03. The maximum Gasteiger partial charge on any atom is 0.227 e. The molecule has 5 heteroatoms. The van der Waals surface area contributed by atoms with Gasteiger partial charge in [-0.15, -0.1) is 0 Å². The van der Waals surface area contributed by atoms with E-state index in [9.17, 15) is 0 Å². The lowest BCUT2D eigenvalue weighted by Gasteiger charge is -2.37. The second kappa shape index (κ2) is 7.70. The fraction of sp³-hybridized carbons (Fsp3) is 0.556. The van der Waals surface area contributed by atoms with E-state index in [1.165, 1.54) is 18.5 Å². The van der Waals surface area contributed by atoms with Crippen LogP contribution in [-0.2, 0) is 13.0 Å². The zero-order valence-electron chi connectivity index (χ0n) is 14.0. The van der Waals surface area contributed by atoms with Gasteiger partial charge in [0.1, 0.15) is 0 Å². The standard InChI is InChI=1S/C18H26N4O/c1-14-10-17(19-9-8-18-20-15(2)21-23-18)13-22(11-14)12-16-6-4-3-5-7-16/h3-7,14,17,19H,8-13H2,1-2H3/t14-,17-/m0/s1. The third-order valence-corrected chi connectivity index (χ3v) is 4.33. The van der Waals surface area contributed by atoms with Crippen LogP contribution in [0.2, 0.25) is 0 Å². The van der Waals surface area contributed by atoms with Gasteiger partial charge in [-0.3, -0.25) is 4.90 Å². The molecule has 0 amide bonds. The van der Waals surface area contributed by atoms with Crippen molar-refractivity contribution in [3.63, 3.8) is 0 Å². The molecular formula is C18H26N4O. The van der Waals surface area contributed by atoms with Crippen molar-refractivity contribution in [1.82, 2.24) is 20.4 Å². The molecule has 1 aliphatic rings. The Morgan fingerprint density at radius 2 is 2.09 bits per heavy atom. The van der Waals surface area contributed by atoms with E-state index in [1.54, 1.807) is 0 Å². The van der Waals surface area contributed by atoms with Gasteiger partial charge in [0.05, 0.1) is 0 Å². The number of hydrogen-bond donors (Lipinski definition) is 1. The van der Waals surface area contributed by atoms with Gasteiger partial charge in [0, 0.05) is 38.6 Å². The zero-order chi connectivity index (χ0) is 16.1. The van der Waals surface area contributed by atoms with Crippen LogP contribution in [0.15, 0.2) is 34.9 Å². The van der Waals surface area contributed by atoms with Crippen LogP contribution in [0.3, 0.4) is 0 Å². The minimum absolute atomic E-state index is 0.534. The molecule has 1 saturated heterocycles. The van der Waals surface area contributed by atoms with Gasteiger partial charge >= 0.3 is 0 Å². The Hall–Kier alpha value is -1.72. The summed E-state index contributed by atoms with van der Waals surface area (Å²) in [6.45, 7) is 8.39. The molecule has 1 aromatic heterocycles. The van der Waals surface area contributed by atoms with Crippen LogP contribution >= 0.6 is 0 Å². The largest absolute Gasteiger partial charge is 0.339 e. The summed E-state index contributed by atoms with van der Waals surface area (Å²) in [5.41, 5.74) is 1.39. The second-order valence-corrected chi connectivity index (χ2v) is 6.66. The Morgan fingerprint density at radius 3 is 2.83 bits per heavy atom. The first-order valence-electron chi connectivity index (χ1n) is 8.48. The van der Waals surface area contributed by atoms with Crippen LogP contribution in [0.25, 0.3) is 0 Å². The van der Waals surface area contributed by atoms with Crippen molar-refractivity contribution < 1.29 is 4.52 Å². The molecule has 0 aliphatic carbocycles. The van der Waals surface area contributed by atoms with Crippen LogP contribution in [0.1, 0.15) is 30.6 Å². The third-order valence-electron chi connectivity index (χ3n) is 4.33. The number of aryl methyl sites for hydroxylation is 1. The molecule has 1 N–H and O–H groups in total. The van der Waals surface area contributed by atoms with Crippen molar-refractivity contribution in [2.45, 2.75) is 39.3 Å². The Bertz CT molecular complexity index is 598. The number of rotatable bonds is 6. The molecule has 1 fully saturated rings. The maximum absolute atomic E-state index is 5.16. The normalized spacial score (nSPS) is 22.3. The molecule has 1 aliphatic heterocycles. The highest BCUT2D eigenvalue weighted by Crippen LogP contribution is 2.18. The molecule has 0 bridgehead atoms. The highest BCUT2D eigenvalue weighted by Gasteiger charge is 2.24. The van der Waals surface area contributed by atoms with Gasteiger partial charge < -0.3 is 9.84 Å². The smallest absolute Gasteiger partial charge is 0.227 e. The fourth-order valence-corrected chi connectivity index (χ4v) is 3.41. The average molecular weight is 314 g/mol. The van der Waals surface area contributed by atoms with Crippen molar-refractivity contribution in [2.24, 2.45) is 5.92 Å². The van der Waals surface area contributed by atoms with Crippen molar-refractivity contribution in [1.29, 1.82) is 0 Å². The summed E-state index contributed by atoms with van der Waals surface area (Å²) in [5.74, 6) is 2.15. The van der Waals surface area contributed by atoms with Crippen LogP contribution in [-0.4, -0.2) is 40.7 Å². The number of nitrogens with one attached hydrogen (secondary N) is 1. The SMILES string of the molecule is Cc1noc(CCN[C@H]2C[C@H](C)CN(Cc3ccccc3)C2)n1. The first-order chi connectivity index (χ1) is 11.2. The quantitative estimate of drug-likeness (QED) is 0.887. The molecule has 5 nitrogen and oxygen atoms in total. The van der Waals surface area contributed by atoms with E-state index in [0.717, 1.165) is 37.9 Å². The van der Waals surface area contributed by atoms with Gasteiger partial charge in [0.25, 0.3) is 0 Å². The minimum atomic E-state index is 0.534. The molecule has 2 aromatic rings. The zero-order valence-corrected chi connectivity index (χ0v) is 14.0. The van der Waals surface area contributed by atoms with E-state index in [-0.39, 0.29) is 0 Å². The van der Waals surface area contributed by atoms with Crippen LogP contribution < -0.4 is 5.32 Å². The summed E-state index contributed by atoms with van der Waals surface area (Å²) in [6, 6.07) is 11.3. The van der Waals surface area contributed by atoms with E-state index in [4.69, 9.17) is 4.52 Å². The predicted octanol–water partition coefficient (Wildman–Crippen LogP) is 2.42. The van der Waals surface area contributed by atoms with Gasteiger partial charge in [0.2, 0.25) is 5.89 Å². The third kappa shape index (κ3) is 4.88. The van der Waals surface area contributed by atoms with Crippen LogP contribution in [0.5, 0.6) is 0 Å². The number of likely N-dealkylation sites (tertiary alicyclic amines) is 1. The molecule has 2 atom stereocenters. The molecular weight excluding hydrogens is 288 g/mol. The Balaban J connectivity index is 1.47. The van der Waals surface area contributed by atoms with E-state index in [2.05, 4.69) is 57.6 Å². The second-order valence-electron chi connectivity index (χ2n) is 6.66. The first-order valence-corrected chi connectivity index (χ1v) is 8.48. The minimum Gasteiger partial charge on any atom is -0.339 e. The summed E-state index contributed by atoms with van der Waals surface area (Å²) in [5, 5.41) is 7.49. The summed E-state index contributed by atoms with van der Waals surface area (Å²) in [7, 11) is 0. The number of benzene rings is 1. The summed E-state index contributed by atoms with van der Waals surface area (Å²) in [4.78, 5) is 6.80. The molecule has 0 spiro atoms. The predicted molar refractivity (Wildman–Crippen MR) is 90.0 cm³/mol. The summed E-state index contributed by atoms with van der Waals surface area (Å²) >= 11 is 0. The van der Waals surface area contributed by atoms with E-state index in [1.807, 2.05) is 6.92 Å². The monoisotopic (exact) mass is 314 g/mol. The molecule has 124 valence electrons. The number of aromatic nitrogens is 2. The maximum atomic E-state index is 5.16. The van der Waals surface area contributed by atoms with E-state index < -0.39 is 0 Å². The molecule has 23 heavy (non-hydrogen) atoms. The fourth-order valence-electron chi connectivity index (χ4n) is 3.41. The van der Waals surface area contributed by atoms with E-state index >= 15 is 0 Å². The Labute approximate surface area is 138 Å². The highest BCUT2D eigenvalue weighted by molar-refractivity contribution is 5.14. The molecule has 3 rings (SSSR count). The van der Waals surface area contributed by atoms with Gasteiger partial charge in [-0.25, -0.2) is 0 Å². The van der Waals surface area contributed by atoms with Gasteiger partial charge in [-0.2, -0.15) is 4.98 Å². The van der Waals surface area contributed by atoms with Crippen molar-refractivity contribution in [3.8, 4) is 0 Å². The number of piperidine rings is 1. The lowest BCUT2D eigenvalue weighted by atomic mass is 9.95. The van der Waals surface area contributed by atoms with E-state index in [0.29, 0.717) is 11.9 Å². The van der Waals surface area contributed by atoms with Crippen LogP contribution in [0.4, 0.5) is 0 Å².